The normalized spacial score (nSPS) is 14.1. The molecule has 9 nitrogen and oxygen atoms in total. The third-order valence-electron chi connectivity index (χ3n) is 5.39. The second-order valence-electron chi connectivity index (χ2n) is 7.35. The molecular formula is C22H29N3O6S. The summed E-state index contributed by atoms with van der Waals surface area (Å²) in [7, 11) is 0.906. The van der Waals surface area contributed by atoms with E-state index in [1.807, 2.05) is 24.3 Å². The van der Waals surface area contributed by atoms with Crippen LogP contribution in [-0.2, 0) is 14.8 Å². The number of benzene rings is 2. The number of rotatable bonds is 8. The van der Waals surface area contributed by atoms with E-state index in [0.717, 1.165) is 22.0 Å². The molecule has 0 bridgehead atoms. The van der Waals surface area contributed by atoms with Gasteiger partial charge in [-0.25, -0.2) is 8.42 Å². The zero-order valence-electron chi connectivity index (χ0n) is 18.8. The smallest absolute Gasteiger partial charge is 0.243 e. The molecule has 1 amide bonds. The maximum absolute atomic E-state index is 13.0. The first-order valence-corrected chi connectivity index (χ1v) is 12.0. The van der Waals surface area contributed by atoms with Gasteiger partial charge in [-0.2, -0.15) is 0 Å². The van der Waals surface area contributed by atoms with Gasteiger partial charge in [0, 0.05) is 32.2 Å². The van der Waals surface area contributed by atoms with Crippen LogP contribution in [0.25, 0.3) is 0 Å². The predicted octanol–water partition coefficient (Wildman–Crippen LogP) is 1.83. The molecule has 1 aliphatic heterocycles. The number of methoxy groups -OCH3 is 3. The number of para-hydroxylation sites is 2. The van der Waals surface area contributed by atoms with Crippen molar-refractivity contribution >= 4 is 27.3 Å². The molecule has 3 rings (SSSR count). The number of sulfonamides is 1. The fourth-order valence-corrected chi connectivity index (χ4v) is 4.53. The lowest BCUT2D eigenvalue weighted by Gasteiger charge is -2.37. The highest BCUT2D eigenvalue weighted by molar-refractivity contribution is 7.92. The van der Waals surface area contributed by atoms with Crippen molar-refractivity contribution in [1.82, 2.24) is 4.90 Å². The highest BCUT2D eigenvalue weighted by atomic mass is 32.2. The highest BCUT2D eigenvalue weighted by Gasteiger charge is 2.28. The van der Waals surface area contributed by atoms with Crippen LogP contribution in [0, 0.1) is 0 Å². The zero-order valence-corrected chi connectivity index (χ0v) is 19.6. The number of hydrogen-bond acceptors (Lipinski definition) is 7. The van der Waals surface area contributed by atoms with Crippen LogP contribution in [0.15, 0.2) is 42.5 Å². The van der Waals surface area contributed by atoms with Crippen molar-refractivity contribution in [3.63, 3.8) is 0 Å². The molecule has 0 saturated carbocycles. The van der Waals surface area contributed by atoms with Gasteiger partial charge in [0.15, 0.2) is 11.5 Å². The number of carbonyl (C=O) groups excluding carboxylic acids is 1. The van der Waals surface area contributed by atoms with E-state index < -0.39 is 10.0 Å². The van der Waals surface area contributed by atoms with Crippen LogP contribution >= 0.6 is 0 Å². The Morgan fingerprint density at radius 2 is 1.53 bits per heavy atom. The van der Waals surface area contributed by atoms with Crippen LogP contribution < -0.4 is 23.4 Å². The third-order valence-corrected chi connectivity index (χ3v) is 6.53. The molecule has 174 valence electrons. The second kappa shape index (κ2) is 9.99. The van der Waals surface area contributed by atoms with Crippen molar-refractivity contribution in [3.05, 3.63) is 42.5 Å². The van der Waals surface area contributed by atoms with Gasteiger partial charge in [0.05, 0.1) is 39.0 Å². The molecule has 0 radical (unpaired) electrons. The monoisotopic (exact) mass is 463 g/mol. The first-order valence-electron chi connectivity index (χ1n) is 10.1. The first kappa shape index (κ1) is 23.5. The van der Waals surface area contributed by atoms with Gasteiger partial charge < -0.3 is 24.0 Å². The van der Waals surface area contributed by atoms with Crippen molar-refractivity contribution < 1.29 is 27.4 Å². The summed E-state index contributed by atoms with van der Waals surface area (Å²) >= 11 is 0. The molecule has 1 aliphatic rings. The Balaban J connectivity index is 1.72. The number of hydrogen-bond donors (Lipinski definition) is 0. The predicted molar refractivity (Wildman–Crippen MR) is 124 cm³/mol. The summed E-state index contributed by atoms with van der Waals surface area (Å²) in [6.07, 6.45) is 1.08. The van der Waals surface area contributed by atoms with Gasteiger partial charge in [0.2, 0.25) is 15.9 Å². The maximum atomic E-state index is 13.0. The highest BCUT2D eigenvalue weighted by Crippen LogP contribution is 2.32. The minimum absolute atomic E-state index is 0.259. The van der Waals surface area contributed by atoms with E-state index in [1.54, 1.807) is 30.2 Å². The number of nitrogens with zero attached hydrogens (tertiary/aromatic N) is 3. The minimum Gasteiger partial charge on any atom is -0.495 e. The average Bonchev–Trinajstić information content (AvgIpc) is 2.81. The Kier molecular flexibility index (Phi) is 7.34. The molecule has 0 atom stereocenters. The molecule has 32 heavy (non-hydrogen) atoms. The summed E-state index contributed by atoms with van der Waals surface area (Å²) in [4.78, 5) is 16.8. The fourth-order valence-electron chi connectivity index (χ4n) is 3.69. The van der Waals surface area contributed by atoms with Gasteiger partial charge in [-0.05, 0) is 24.3 Å². The molecular weight excluding hydrogens is 434 g/mol. The van der Waals surface area contributed by atoms with Gasteiger partial charge in [-0.15, -0.1) is 0 Å². The van der Waals surface area contributed by atoms with Crippen LogP contribution in [0.4, 0.5) is 11.4 Å². The van der Waals surface area contributed by atoms with Gasteiger partial charge in [0.1, 0.15) is 12.3 Å². The molecule has 0 spiro atoms. The lowest BCUT2D eigenvalue weighted by atomic mass is 10.2. The average molecular weight is 464 g/mol. The third kappa shape index (κ3) is 5.18. The van der Waals surface area contributed by atoms with Crippen LogP contribution in [-0.4, -0.2) is 79.5 Å². The molecule has 10 heteroatoms. The molecule has 0 aliphatic carbocycles. The van der Waals surface area contributed by atoms with Crippen LogP contribution in [0.1, 0.15) is 0 Å². The molecule has 0 N–H and O–H groups in total. The first-order chi connectivity index (χ1) is 15.3. The summed E-state index contributed by atoms with van der Waals surface area (Å²) in [5.74, 6) is 1.38. The van der Waals surface area contributed by atoms with Crippen molar-refractivity contribution in [1.29, 1.82) is 0 Å². The minimum atomic E-state index is -3.70. The van der Waals surface area contributed by atoms with E-state index in [2.05, 4.69) is 4.90 Å². The Labute approximate surface area is 189 Å². The van der Waals surface area contributed by atoms with Gasteiger partial charge >= 0.3 is 0 Å². The Morgan fingerprint density at radius 3 is 2.12 bits per heavy atom. The molecule has 1 heterocycles. The summed E-state index contributed by atoms with van der Waals surface area (Å²) < 4.78 is 42.0. The van der Waals surface area contributed by atoms with Crippen LogP contribution in [0.3, 0.4) is 0 Å². The summed E-state index contributed by atoms with van der Waals surface area (Å²) in [6.45, 7) is 1.94. The Hall–Kier alpha value is -3.14. The molecule has 1 saturated heterocycles. The van der Waals surface area contributed by atoms with E-state index in [1.165, 1.54) is 14.2 Å². The van der Waals surface area contributed by atoms with Crippen LogP contribution in [0.5, 0.6) is 17.2 Å². The van der Waals surface area contributed by atoms with E-state index in [0.29, 0.717) is 43.4 Å². The Bertz CT molecular complexity index is 1050. The molecule has 2 aromatic carbocycles. The fraction of sp³-hybridized carbons (Fsp3) is 0.409. The number of piperazine rings is 1. The largest absolute Gasteiger partial charge is 0.495 e. The lowest BCUT2D eigenvalue weighted by molar-refractivity contribution is -0.129. The van der Waals surface area contributed by atoms with Crippen molar-refractivity contribution in [2.24, 2.45) is 0 Å². The molecule has 0 unspecified atom stereocenters. The lowest BCUT2D eigenvalue weighted by Crippen LogP contribution is -2.52. The maximum Gasteiger partial charge on any atom is 0.243 e. The number of amides is 1. The van der Waals surface area contributed by atoms with Crippen LogP contribution in [0.2, 0.25) is 0 Å². The molecule has 2 aromatic rings. The second-order valence-corrected chi connectivity index (χ2v) is 9.26. The van der Waals surface area contributed by atoms with Gasteiger partial charge in [0.25, 0.3) is 0 Å². The SMILES string of the molecule is COc1ccc(N(CC(=O)N2CCN(c3ccccc3OC)CC2)S(C)(=O)=O)cc1OC. The molecule has 0 aromatic heterocycles. The van der Waals surface area contributed by atoms with Crippen molar-refractivity contribution in [3.8, 4) is 17.2 Å². The van der Waals surface area contributed by atoms with Gasteiger partial charge in [-0.1, -0.05) is 12.1 Å². The van der Waals surface area contributed by atoms with Gasteiger partial charge in [-0.3, -0.25) is 9.10 Å². The number of anilines is 2. The van der Waals surface area contributed by atoms with E-state index in [9.17, 15) is 13.2 Å². The summed E-state index contributed by atoms with van der Waals surface area (Å²) in [6, 6.07) is 12.5. The zero-order chi connectivity index (χ0) is 23.3. The van der Waals surface area contributed by atoms with E-state index in [4.69, 9.17) is 14.2 Å². The summed E-state index contributed by atoms with van der Waals surface area (Å²) in [5, 5.41) is 0. The Morgan fingerprint density at radius 1 is 0.906 bits per heavy atom. The number of carbonyl (C=O) groups is 1. The quantitative estimate of drug-likeness (QED) is 0.590. The number of ether oxygens (including phenoxy) is 3. The standard InChI is InChI=1S/C22H29N3O6S/c1-29-19-8-6-5-7-18(19)23-11-13-24(14-12-23)22(26)16-25(32(4,27)28)17-9-10-20(30-2)21(15-17)31-3/h5-10,15H,11-14,16H2,1-4H3. The summed E-state index contributed by atoms with van der Waals surface area (Å²) in [5.41, 5.74) is 1.32. The van der Waals surface area contributed by atoms with E-state index >= 15 is 0 Å². The topological polar surface area (TPSA) is 88.6 Å². The van der Waals surface area contributed by atoms with Crippen molar-refractivity contribution in [2.75, 3.05) is 69.5 Å². The molecule has 1 fully saturated rings. The van der Waals surface area contributed by atoms with E-state index in [-0.39, 0.29) is 12.5 Å². The van der Waals surface area contributed by atoms with Crippen molar-refractivity contribution in [2.45, 2.75) is 0 Å².